The molecule has 30 heavy (non-hydrogen) atoms. The number of ether oxygens (including phenoxy) is 1. The van der Waals surface area contributed by atoms with Crippen LogP contribution in [-0.2, 0) is 4.74 Å². The number of hydrogen-bond donors (Lipinski definition) is 1. The number of nitrogens with one attached hydrogen (secondary N) is 1. The second-order valence-electron chi connectivity index (χ2n) is 7.97. The summed E-state index contributed by atoms with van der Waals surface area (Å²) >= 11 is 0. The number of esters is 1. The van der Waals surface area contributed by atoms with Gasteiger partial charge in [0.05, 0.1) is 29.2 Å². The summed E-state index contributed by atoms with van der Waals surface area (Å²) in [5.41, 5.74) is 4.18. The van der Waals surface area contributed by atoms with Crippen molar-refractivity contribution in [2.24, 2.45) is 0 Å². The maximum absolute atomic E-state index is 13.9. The topological polar surface area (TPSA) is 67.9 Å². The van der Waals surface area contributed by atoms with Gasteiger partial charge in [-0.15, -0.1) is 0 Å². The third-order valence-electron chi connectivity index (χ3n) is 6.16. The number of aromatic amines is 1. The van der Waals surface area contributed by atoms with Crippen molar-refractivity contribution < 1.29 is 13.9 Å². The van der Waals surface area contributed by atoms with Crippen LogP contribution >= 0.6 is 0 Å². The smallest absolute Gasteiger partial charge is 0.337 e. The predicted octanol–water partition coefficient (Wildman–Crippen LogP) is 5.48. The molecule has 0 aliphatic heterocycles. The lowest BCUT2D eigenvalue weighted by molar-refractivity contribution is 0.0601. The number of carbonyl (C=O) groups excluding carboxylic acids is 1. The zero-order chi connectivity index (χ0) is 20.7. The normalized spacial score (nSPS) is 19.3. The molecule has 5 nitrogen and oxygen atoms in total. The third-order valence-corrected chi connectivity index (χ3v) is 6.16. The molecule has 1 aliphatic carbocycles. The van der Waals surface area contributed by atoms with Gasteiger partial charge in [-0.3, -0.25) is 4.98 Å². The molecule has 1 saturated carbocycles. The maximum atomic E-state index is 13.9. The molecular formula is C24H22FN3O2. The van der Waals surface area contributed by atoms with Gasteiger partial charge >= 0.3 is 5.97 Å². The molecule has 1 aliphatic rings. The summed E-state index contributed by atoms with van der Waals surface area (Å²) in [6.45, 7) is 0. The third kappa shape index (κ3) is 3.32. The van der Waals surface area contributed by atoms with Crippen molar-refractivity contribution in [3.63, 3.8) is 0 Å². The number of pyridine rings is 1. The monoisotopic (exact) mass is 403 g/mol. The Morgan fingerprint density at radius 2 is 1.93 bits per heavy atom. The number of halogens is 1. The predicted molar refractivity (Wildman–Crippen MR) is 113 cm³/mol. The van der Waals surface area contributed by atoms with E-state index in [1.54, 1.807) is 24.3 Å². The minimum atomic E-state index is -0.359. The van der Waals surface area contributed by atoms with Crippen LogP contribution in [0.3, 0.4) is 0 Å². The number of carbonyl (C=O) groups is 1. The molecule has 0 saturated heterocycles. The van der Waals surface area contributed by atoms with E-state index in [9.17, 15) is 9.18 Å². The van der Waals surface area contributed by atoms with Crippen LogP contribution < -0.4 is 0 Å². The van der Waals surface area contributed by atoms with E-state index in [4.69, 9.17) is 9.72 Å². The van der Waals surface area contributed by atoms with E-state index in [0.29, 0.717) is 11.5 Å². The van der Waals surface area contributed by atoms with E-state index in [1.165, 1.54) is 13.2 Å². The first-order valence-corrected chi connectivity index (χ1v) is 10.2. The minimum absolute atomic E-state index is 0.234. The number of fused-ring (bicyclic) bond motifs is 2. The van der Waals surface area contributed by atoms with Crippen molar-refractivity contribution in [3.8, 4) is 0 Å². The number of hydrogen-bond acceptors (Lipinski definition) is 4. The van der Waals surface area contributed by atoms with Gasteiger partial charge in [0.2, 0.25) is 0 Å². The van der Waals surface area contributed by atoms with Crippen LogP contribution in [0.4, 0.5) is 4.39 Å². The van der Waals surface area contributed by atoms with Crippen molar-refractivity contribution in [3.05, 3.63) is 71.4 Å². The lowest BCUT2D eigenvalue weighted by Crippen LogP contribution is -2.14. The van der Waals surface area contributed by atoms with Gasteiger partial charge in [0.25, 0.3) is 0 Å². The number of methoxy groups -OCH3 is 1. The molecule has 2 aromatic heterocycles. The van der Waals surface area contributed by atoms with Gasteiger partial charge in [0.15, 0.2) is 0 Å². The number of aromatic nitrogens is 3. The van der Waals surface area contributed by atoms with Gasteiger partial charge in [-0.2, -0.15) is 0 Å². The van der Waals surface area contributed by atoms with E-state index < -0.39 is 0 Å². The Labute approximate surface area is 173 Å². The van der Waals surface area contributed by atoms with Crippen molar-refractivity contribution in [1.29, 1.82) is 0 Å². The molecule has 5 rings (SSSR count). The van der Waals surface area contributed by atoms with E-state index in [1.807, 2.05) is 18.3 Å². The number of H-pyrrole nitrogens is 1. The summed E-state index contributed by atoms with van der Waals surface area (Å²) in [7, 11) is 1.38. The minimum Gasteiger partial charge on any atom is -0.465 e. The second-order valence-corrected chi connectivity index (χ2v) is 7.97. The van der Waals surface area contributed by atoms with Crippen molar-refractivity contribution in [2.75, 3.05) is 7.11 Å². The Balaban J connectivity index is 1.46. The number of imidazole rings is 1. The highest BCUT2D eigenvalue weighted by Crippen LogP contribution is 2.42. The lowest BCUT2D eigenvalue weighted by atomic mass is 9.77. The van der Waals surface area contributed by atoms with Gasteiger partial charge in [0.1, 0.15) is 11.6 Å². The number of rotatable bonds is 3. The Morgan fingerprint density at radius 3 is 2.80 bits per heavy atom. The molecule has 0 spiro atoms. The van der Waals surface area contributed by atoms with E-state index in [-0.39, 0.29) is 17.7 Å². The largest absolute Gasteiger partial charge is 0.465 e. The molecule has 1 fully saturated rings. The Kier molecular flexibility index (Phi) is 4.69. The van der Waals surface area contributed by atoms with Gasteiger partial charge in [-0.05, 0) is 73.2 Å². The first kappa shape index (κ1) is 18.7. The first-order chi connectivity index (χ1) is 14.6. The molecule has 0 bridgehead atoms. The average Bonchev–Trinajstić information content (AvgIpc) is 3.21. The van der Waals surface area contributed by atoms with Gasteiger partial charge in [0, 0.05) is 17.5 Å². The molecule has 2 unspecified atom stereocenters. The SMILES string of the molecule is COC(=O)c1ccc2nc(C3CCCC(c4ccnc5ccc(F)cc45)C3)[nH]c2c1. The van der Waals surface area contributed by atoms with E-state index in [2.05, 4.69) is 9.97 Å². The van der Waals surface area contributed by atoms with E-state index >= 15 is 0 Å². The van der Waals surface area contributed by atoms with Crippen molar-refractivity contribution in [1.82, 2.24) is 15.0 Å². The molecule has 2 aromatic carbocycles. The van der Waals surface area contributed by atoms with Crippen molar-refractivity contribution >= 4 is 27.9 Å². The summed E-state index contributed by atoms with van der Waals surface area (Å²) in [5.74, 6) is 0.969. The summed E-state index contributed by atoms with van der Waals surface area (Å²) in [6, 6.07) is 12.2. The van der Waals surface area contributed by atoms with Crippen LogP contribution in [0.2, 0.25) is 0 Å². The Morgan fingerprint density at radius 1 is 1.10 bits per heavy atom. The zero-order valence-corrected chi connectivity index (χ0v) is 16.7. The summed E-state index contributed by atoms with van der Waals surface area (Å²) < 4.78 is 18.7. The summed E-state index contributed by atoms with van der Waals surface area (Å²) in [6.07, 6.45) is 5.96. The molecule has 1 N–H and O–H groups in total. The quantitative estimate of drug-likeness (QED) is 0.460. The molecule has 0 radical (unpaired) electrons. The molecule has 6 heteroatoms. The highest BCUT2D eigenvalue weighted by molar-refractivity contribution is 5.93. The molecule has 2 atom stereocenters. The lowest BCUT2D eigenvalue weighted by Gasteiger charge is -2.29. The van der Waals surface area contributed by atoms with Crippen LogP contribution in [0.5, 0.6) is 0 Å². The summed E-state index contributed by atoms with van der Waals surface area (Å²) in [5, 5.41) is 0.899. The highest BCUT2D eigenvalue weighted by Gasteiger charge is 2.27. The van der Waals surface area contributed by atoms with E-state index in [0.717, 1.165) is 59.0 Å². The van der Waals surface area contributed by atoms with Crippen LogP contribution in [-0.4, -0.2) is 28.0 Å². The van der Waals surface area contributed by atoms with Gasteiger partial charge in [-0.25, -0.2) is 14.2 Å². The molecule has 2 heterocycles. The van der Waals surface area contributed by atoms with Crippen LogP contribution in [0, 0.1) is 5.82 Å². The van der Waals surface area contributed by atoms with Crippen molar-refractivity contribution in [2.45, 2.75) is 37.5 Å². The fourth-order valence-corrected chi connectivity index (χ4v) is 4.68. The Bertz CT molecular complexity index is 1250. The first-order valence-electron chi connectivity index (χ1n) is 10.2. The Hall–Kier alpha value is -3.28. The average molecular weight is 403 g/mol. The highest BCUT2D eigenvalue weighted by atomic mass is 19.1. The fraction of sp³-hybridized carbons (Fsp3) is 0.292. The molecule has 152 valence electrons. The molecule has 0 amide bonds. The van der Waals surface area contributed by atoms with Crippen LogP contribution in [0.25, 0.3) is 21.9 Å². The number of nitrogens with zero attached hydrogens (tertiary/aromatic N) is 2. The zero-order valence-electron chi connectivity index (χ0n) is 16.7. The van der Waals surface area contributed by atoms with Gasteiger partial charge in [-0.1, -0.05) is 6.42 Å². The second kappa shape index (κ2) is 7.52. The molecule has 4 aromatic rings. The van der Waals surface area contributed by atoms with Crippen LogP contribution in [0.1, 0.15) is 59.3 Å². The number of benzene rings is 2. The molecular weight excluding hydrogens is 381 g/mol. The van der Waals surface area contributed by atoms with Gasteiger partial charge < -0.3 is 9.72 Å². The maximum Gasteiger partial charge on any atom is 0.337 e. The fourth-order valence-electron chi connectivity index (χ4n) is 4.68. The van der Waals surface area contributed by atoms with Crippen LogP contribution in [0.15, 0.2) is 48.7 Å². The standard InChI is InChI=1S/C24H22FN3O2/c1-30-24(29)16-5-7-21-22(12-16)28-23(27-21)15-4-2-3-14(11-15)18-9-10-26-20-8-6-17(25)13-19(18)20/h5-10,12-15H,2-4,11H2,1H3,(H,27,28). The summed E-state index contributed by atoms with van der Waals surface area (Å²) in [4.78, 5) is 24.4.